The molecule has 0 aromatic carbocycles. The lowest BCUT2D eigenvalue weighted by molar-refractivity contribution is -0.141. The molecule has 1 aromatic heterocycles. The number of carbonyl (C=O) groups is 1. The highest BCUT2D eigenvalue weighted by Crippen LogP contribution is 2.27. The molecule has 3 nitrogen and oxygen atoms in total. The third kappa shape index (κ3) is 2.68. The average molecular weight is 218 g/mol. The van der Waals surface area contributed by atoms with Gasteiger partial charge in [-0.05, 0) is 12.1 Å². The average Bonchev–Trinajstić information content (AvgIpc) is 2.15. The number of hydrogen-bond donors (Lipinski definition) is 0. The van der Waals surface area contributed by atoms with Crippen LogP contribution in [0.1, 0.15) is 16.1 Å². The van der Waals surface area contributed by atoms with E-state index < -0.39 is 11.9 Å². The minimum Gasteiger partial charge on any atom is -0.345 e. The molecule has 1 heterocycles. The van der Waals surface area contributed by atoms with E-state index in [-0.39, 0.29) is 11.5 Å². The fourth-order valence-corrected chi connectivity index (χ4v) is 0.946. The van der Waals surface area contributed by atoms with E-state index in [0.717, 1.165) is 18.3 Å². The number of halogens is 3. The summed E-state index contributed by atoms with van der Waals surface area (Å²) in [6, 6.07) is 1.90. The molecule has 0 fully saturated rings. The maximum absolute atomic E-state index is 12.1. The zero-order valence-corrected chi connectivity index (χ0v) is 8.17. The van der Waals surface area contributed by atoms with Gasteiger partial charge < -0.3 is 4.90 Å². The summed E-state index contributed by atoms with van der Waals surface area (Å²) in [4.78, 5) is 15.8. The lowest BCUT2D eigenvalue weighted by Crippen LogP contribution is -2.22. The summed E-state index contributed by atoms with van der Waals surface area (Å²) in [5.74, 6) is -0.378. The molecule has 6 heteroatoms. The predicted octanol–water partition coefficient (Wildman–Crippen LogP) is 1.80. The number of alkyl halides is 3. The van der Waals surface area contributed by atoms with Gasteiger partial charge in [0.25, 0.3) is 5.91 Å². The zero-order chi connectivity index (χ0) is 11.6. The summed E-state index contributed by atoms with van der Waals surface area (Å²) in [6.07, 6.45) is -3.55. The van der Waals surface area contributed by atoms with E-state index in [2.05, 4.69) is 4.98 Å². The molecule has 0 radical (unpaired) electrons. The van der Waals surface area contributed by atoms with Gasteiger partial charge in [-0.1, -0.05) is 0 Å². The minimum absolute atomic E-state index is 0.132. The van der Waals surface area contributed by atoms with Crippen molar-refractivity contribution in [3.8, 4) is 0 Å². The van der Waals surface area contributed by atoms with Crippen molar-refractivity contribution < 1.29 is 18.0 Å². The lowest BCUT2D eigenvalue weighted by Gasteiger charge is -2.10. The van der Waals surface area contributed by atoms with Crippen LogP contribution < -0.4 is 0 Å². The Labute approximate surface area is 84.5 Å². The summed E-state index contributed by atoms with van der Waals surface area (Å²) in [5, 5.41) is 0. The van der Waals surface area contributed by atoms with Gasteiger partial charge in [0.05, 0.1) is 5.56 Å². The quantitative estimate of drug-likeness (QED) is 0.720. The van der Waals surface area contributed by atoms with Crippen molar-refractivity contribution in [1.82, 2.24) is 9.88 Å². The summed E-state index contributed by atoms with van der Waals surface area (Å²) in [5.41, 5.74) is -0.870. The Morgan fingerprint density at radius 3 is 2.27 bits per heavy atom. The molecule has 0 aliphatic carbocycles. The Hall–Kier alpha value is -1.59. The van der Waals surface area contributed by atoms with Crippen molar-refractivity contribution in [2.75, 3.05) is 14.1 Å². The molecule has 0 aliphatic heterocycles. The first-order valence-electron chi connectivity index (χ1n) is 4.07. The van der Waals surface area contributed by atoms with Crippen molar-refractivity contribution >= 4 is 5.91 Å². The topological polar surface area (TPSA) is 33.2 Å². The molecular formula is C9H9F3N2O. The molecular weight excluding hydrogens is 209 g/mol. The Morgan fingerprint density at radius 2 is 1.93 bits per heavy atom. The van der Waals surface area contributed by atoms with E-state index in [9.17, 15) is 18.0 Å². The van der Waals surface area contributed by atoms with E-state index in [4.69, 9.17) is 0 Å². The van der Waals surface area contributed by atoms with Crippen LogP contribution in [0.4, 0.5) is 13.2 Å². The second kappa shape index (κ2) is 3.88. The van der Waals surface area contributed by atoms with Crippen LogP contribution >= 0.6 is 0 Å². The van der Waals surface area contributed by atoms with Crippen molar-refractivity contribution in [2.45, 2.75) is 6.18 Å². The molecule has 0 N–H and O–H groups in total. The summed E-state index contributed by atoms with van der Waals surface area (Å²) in [7, 11) is 3.03. The number of amides is 1. The van der Waals surface area contributed by atoms with Gasteiger partial charge in [-0.25, -0.2) is 0 Å². The number of aromatic nitrogens is 1. The van der Waals surface area contributed by atoms with E-state index in [1.165, 1.54) is 19.0 Å². The van der Waals surface area contributed by atoms with Crippen molar-refractivity contribution in [1.29, 1.82) is 0 Å². The molecule has 1 aromatic rings. The molecule has 82 valence electrons. The predicted molar refractivity (Wildman–Crippen MR) is 47.3 cm³/mol. The van der Waals surface area contributed by atoms with Crippen LogP contribution in [-0.2, 0) is 6.18 Å². The van der Waals surface area contributed by atoms with Gasteiger partial charge in [-0.15, -0.1) is 0 Å². The maximum Gasteiger partial charge on any atom is 0.433 e. The first kappa shape index (κ1) is 11.5. The summed E-state index contributed by atoms with van der Waals surface area (Å²) < 4.78 is 36.4. The maximum atomic E-state index is 12.1. The van der Waals surface area contributed by atoms with Crippen LogP contribution in [0.2, 0.25) is 0 Å². The monoisotopic (exact) mass is 218 g/mol. The molecule has 0 saturated heterocycles. The molecule has 0 aliphatic rings. The minimum atomic E-state index is -4.47. The highest BCUT2D eigenvalue weighted by molar-refractivity contribution is 5.93. The second-order valence-corrected chi connectivity index (χ2v) is 3.13. The van der Waals surface area contributed by atoms with Crippen LogP contribution in [0.3, 0.4) is 0 Å². The fraction of sp³-hybridized carbons (Fsp3) is 0.333. The molecule has 0 atom stereocenters. The molecule has 0 saturated carbocycles. The fourth-order valence-electron chi connectivity index (χ4n) is 0.946. The van der Waals surface area contributed by atoms with Gasteiger partial charge in [0.15, 0.2) is 0 Å². The van der Waals surface area contributed by atoms with E-state index in [1.54, 1.807) is 0 Å². The number of hydrogen-bond acceptors (Lipinski definition) is 2. The smallest absolute Gasteiger partial charge is 0.345 e. The van der Waals surface area contributed by atoms with Gasteiger partial charge in [-0.3, -0.25) is 9.78 Å². The first-order chi connectivity index (χ1) is 6.82. The third-order valence-electron chi connectivity index (χ3n) is 1.71. The molecule has 1 amide bonds. The lowest BCUT2D eigenvalue weighted by atomic mass is 10.2. The van der Waals surface area contributed by atoms with Crippen LogP contribution in [0, 0.1) is 0 Å². The van der Waals surface area contributed by atoms with E-state index >= 15 is 0 Å². The summed E-state index contributed by atoms with van der Waals surface area (Å²) >= 11 is 0. The van der Waals surface area contributed by atoms with Crippen LogP contribution in [0.25, 0.3) is 0 Å². The number of rotatable bonds is 1. The number of nitrogens with zero attached hydrogens (tertiary/aromatic N) is 2. The van der Waals surface area contributed by atoms with Crippen LogP contribution in [0.5, 0.6) is 0 Å². The summed E-state index contributed by atoms with van der Waals surface area (Å²) in [6.45, 7) is 0. The van der Waals surface area contributed by atoms with Crippen molar-refractivity contribution in [3.05, 3.63) is 29.6 Å². The second-order valence-electron chi connectivity index (χ2n) is 3.13. The molecule has 0 unspecified atom stereocenters. The van der Waals surface area contributed by atoms with E-state index in [0.29, 0.717) is 0 Å². The molecule has 15 heavy (non-hydrogen) atoms. The van der Waals surface area contributed by atoms with Gasteiger partial charge in [-0.2, -0.15) is 13.2 Å². The number of pyridine rings is 1. The highest BCUT2D eigenvalue weighted by Gasteiger charge is 2.32. The van der Waals surface area contributed by atoms with Gasteiger partial charge in [0.1, 0.15) is 5.69 Å². The third-order valence-corrected chi connectivity index (χ3v) is 1.71. The van der Waals surface area contributed by atoms with Crippen molar-refractivity contribution in [2.24, 2.45) is 0 Å². The SMILES string of the molecule is CN(C)C(=O)c1ccc(C(F)(F)F)nc1. The van der Waals surface area contributed by atoms with Gasteiger partial charge >= 0.3 is 6.18 Å². The first-order valence-corrected chi connectivity index (χ1v) is 4.07. The van der Waals surface area contributed by atoms with Crippen molar-refractivity contribution in [3.63, 3.8) is 0 Å². The molecule has 0 spiro atoms. The van der Waals surface area contributed by atoms with Gasteiger partial charge in [0.2, 0.25) is 0 Å². The zero-order valence-electron chi connectivity index (χ0n) is 8.17. The molecule has 1 rings (SSSR count). The van der Waals surface area contributed by atoms with E-state index in [1.807, 2.05) is 0 Å². The van der Waals surface area contributed by atoms with Crippen LogP contribution in [0.15, 0.2) is 18.3 Å². The standard InChI is InChI=1S/C9H9F3N2O/c1-14(2)8(15)6-3-4-7(13-5-6)9(10,11)12/h3-5H,1-2H3. The Bertz CT molecular complexity index is 357. The largest absolute Gasteiger partial charge is 0.433 e. The molecule has 0 bridgehead atoms. The van der Waals surface area contributed by atoms with Gasteiger partial charge in [0, 0.05) is 20.3 Å². The Balaban J connectivity index is 2.96. The Morgan fingerprint density at radius 1 is 1.33 bits per heavy atom. The Kier molecular flexibility index (Phi) is 2.97. The normalized spacial score (nSPS) is 11.3. The number of carbonyl (C=O) groups excluding carboxylic acids is 1. The highest BCUT2D eigenvalue weighted by atomic mass is 19.4. The van der Waals surface area contributed by atoms with Crippen LogP contribution in [-0.4, -0.2) is 29.9 Å².